The maximum atomic E-state index is 12.7. The minimum absolute atomic E-state index is 0.0379. The van der Waals surface area contributed by atoms with Crippen molar-refractivity contribution in [2.24, 2.45) is 5.73 Å². The van der Waals surface area contributed by atoms with E-state index >= 15 is 0 Å². The molecule has 3 N–H and O–H groups in total. The van der Waals surface area contributed by atoms with E-state index < -0.39 is 32.5 Å². The van der Waals surface area contributed by atoms with Crippen molar-refractivity contribution < 1.29 is 37.6 Å². The Hall–Kier alpha value is -4.63. The number of esters is 2. The van der Waals surface area contributed by atoms with Crippen LogP contribution in [0.4, 0.5) is 0 Å². The van der Waals surface area contributed by atoms with Crippen LogP contribution in [0, 0.1) is 0 Å². The van der Waals surface area contributed by atoms with E-state index in [1.54, 1.807) is 0 Å². The Bertz CT molecular complexity index is 1880. The highest BCUT2D eigenvalue weighted by Gasteiger charge is 2.26. The van der Waals surface area contributed by atoms with Crippen molar-refractivity contribution in [3.05, 3.63) is 170 Å². The second kappa shape index (κ2) is 61.6. The molecule has 0 fully saturated rings. The molecule has 0 aliphatic carbocycles. The third kappa shape index (κ3) is 60.6. The molecule has 0 saturated heterocycles. The molecule has 0 aliphatic heterocycles. The maximum Gasteiger partial charge on any atom is 0.472 e. The lowest BCUT2D eigenvalue weighted by Gasteiger charge is -2.19. The minimum Gasteiger partial charge on any atom is -0.462 e. The summed E-state index contributed by atoms with van der Waals surface area (Å²) in [7, 11) is -4.41. The molecule has 0 aromatic carbocycles. The Balaban J connectivity index is 4.08. The summed E-state index contributed by atoms with van der Waals surface area (Å²) in [6, 6.07) is 0. The van der Waals surface area contributed by atoms with Gasteiger partial charge >= 0.3 is 19.8 Å². The molecule has 2 unspecified atom stereocenters. The third-order valence-corrected chi connectivity index (χ3v) is 12.8. The molecule has 2 atom stereocenters. The standard InChI is InChI=1S/C68H108NO8P/c1-3-5-7-9-11-13-15-17-19-21-22-23-24-25-26-27-28-29-30-31-32-33-34-35-36-37-38-39-40-41-42-43-44-45-47-49-51-53-55-57-59-61-68(71)77-66(65-76-78(72,73)75-63-62-69)64-74-67(70)60-58-56-54-52-50-48-46-20-18-16-14-12-10-8-6-4-2/h5,7,11,13-14,16-17,19-20,22-23,25-26,28-29,31-32,34-35,37-38,40-41,43-44,46-47,49,66H,3-4,6,8-10,12,15,18,21,24,27,30,33,36,39,42,45,48,50-65,69H2,1-2H3,(H,72,73)/b7-5-,13-11-,16-14-,19-17-,23-22-,26-25-,29-28-,32-31-,35-34-,38-37-,41-40-,44-43-,46-20-,49-47-. The lowest BCUT2D eigenvalue weighted by Crippen LogP contribution is -2.29. The number of carbonyl (C=O) groups excluding carboxylic acids is 2. The lowest BCUT2D eigenvalue weighted by molar-refractivity contribution is -0.161. The molecule has 0 spiro atoms. The maximum absolute atomic E-state index is 12.7. The summed E-state index contributed by atoms with van der Waals surface area (Å²) in [6.45, 7) is 3.53. The molecule has 10 heteroatoms. The Morgan fingerprint density at radius 3 is 1.05 bits per heavy atom. The molecular weight excluding hydrogens is 990 g/mol. The molecule has 0 radical (unpaired) electrons. The van der Waals surface area contributed by atoms with Gasteiger partial charge in [-0.2, -0.15) is 0 Å². The number of allylic oxidation sites excluding steroid dienone is 28. The largest absolute Gasteiger partial charge is 0.472 e. The number of nitrogens with two attached hydrogens (primary N) is 1. The summed E-state index contributed by atoms with van der Waals surface area (Å²) in [5, 5.41) is 0. The number of hydrogen-bond donors (Lipinski definition) is 2. The first-order valence-electron chi connectivity index (χ1n) is 30.1. The summed E-state index contributed by atoms with van der Waals surface area (Å²) >= 11 is 0. The van der Waals surface area contributed by atoms with Crippen molar-refractivity contribution >= 4 is 19.8 Å². The van der Waals surface area contributed by atoms with Crippen LogP contribution in [0.15, 0.2) is 170 Å². The number of phosphoric acid groups is 1. The summed E-state index contributed by atoms with van der Waals surface area (Å²) in [5.41, 5.74) is 5.37. The van der Waals surface area contributed by atoms with E-state index in [1.165, 1.54) is 32.1 Å². The second-order valence-electron chi connectivity index (χ2n) is 19.1. The topological polar surface area (TPSA) is 134 Å². The minimum atomic E-state index is -4.41. The molecule has 0 aromatic rings. The average molecular weight is 1100 g/mol. The van der Waals surface area contributed by atoms with E-state index in [-0.39, 0.29) is 32.6 Å². The van der Waals surface area contributed by atoms with Crippen molar-refractivity contribution in [3.8, 4) is 0 Å². The van der Waals surface area contributed by atoms with Gasteiger partial charge in [0.15, 0.2) is 6.10 Å². The van der Waals surface area contributed by atoms with Gasteiger partial charge in [-0.05, 0) is 135 Å². The second-order valence-corrected chi connectivity index (χ2v) is 20.6. The summed E-state index contributed by atoms with van der Waals surface area (Å²) in [4.78, 5) is 35.1. The molecular formula is C68H108NO8P. The SMILES string of the molecule is CC/C=C\C/C=C\C/C=C\C/C=C\C/C=C\C/C=C\C/C=C\C/C=C\C/C=C\C/C=C\C/C=C\C/C=C\CCCCCCC(=O)OC(COC(=O)CCCCCCC/C=C\C/C=C\CCCCCC)COP(=O)(O)OCCN. The number of ether oxygens (including phenoxy) is 2. The van der Waals surface area contributed by atoms with Crippen molar-refractivity contribution in [2.45, 2.75) is 219 Å². The first-order valence-corrected chi connectivity index (χ1v) is 31.6. The van der Waals surface area contributed by atoms with Crippen LogP contribution in [-0.2, 0) is 32.7 Å². The number of hydrogen-bond acceptors (Lipinski definition) is 8. The van der Waals surface area contributed by atoms with Crippen LogP contribution in [0.2, 0.25) is 0 Å². The normalized spacial score (nSPS) is 14.3. The quantitative estimate of drug-likeness (QED) is 0.0264. The molecule has 0 aliphatic rings. The Morgan fingerprint density at radius 1 is 0.397 bits per heavy atom. The Morgan fingerprint density at radius 2 is 0.705 bits per heavy atom. The number of unbranched alkanes of at least 4 members (excludes halogenated alkanes) is 13. The number of carbonyl (C=O) groups is 2. The van der Waals surface area contributed by atoms with E-state index in [2.05, 4.69) is 184 Å². The fourth-order valence-corrected chi connectivity index (χ4v) is 8.18. The van der Waals surface area contributed by atoms with E-state index in [4.69, 9.17) is 24.3 Å². The van der Waals surface area contributed by atoms with Gasteiger partial charge in [-0.15, -0.1) is 0 Å². The molecule has 438 valence electrons. The highest BCUT2D eigenvalue weighted by molar-refractivity contribution is 7.47. The first-order chi connectivity index (χ1) is 38.3. The smallest absolute Gasteiger partial charge is 0.462 e. The van der Waals surface area contributed by atoms with Crippen LogP contribution in [0.1, 0.15) is 213 Å². The number of phosphoric ester groups is 1. The first kappa shape index (κ1) is 73.4. The molecule has 0 heterocycles. The molecule has 0 amide bonds. The van der Waals surface area contributed by atoms with Crippen LogP contribution < -0.4 is 5.73 Å². The van der Waals surface area contributed by atoms with Crippen molar-refractivity contribution in [3.63, 3.8) is 0 Å². The fraction of sp³-hybridized carbons (Fsp3) is 0.559. The monoisotopic (exact) mass is 1100 g/mol. The van der Waals surface area contributed by atoms with Gasteiger partial charge in [-0.25, -0.2) is 4.57 Å². The van der Waals surface area contributed by atoms with Crippen LogP contribution in [0.5, 0.6) is 0 Å². The van der Waals surface area contributed by atoms with Crippen molar-refractivity contribution in [1.82, 2.24) is 0 Å². The van der Waals surface area contributed by atoms with Crippen LogP contribution >= 0.6 is 7.82 Å². The number of rotatable bonds is 54. The Labute approximate surface area is 476 Å². The predicted octanol–water partition coefficient (Wildman–Crippen LogP) is 19.5. The zero-order valence-corrected chi connectivity index (χ0v) is 49.7. The summed E-state index contributed by atoms with van der Waals surface area (Å²) in [6.07, 6.45) is 91.3. The van der Waals surface area contributed by atoms with Crippen molar-refractivity contribution in [2.75, 3.05) is 26.4 Å². The molecule has 0 aromatic heterocycles. The summed E-state index contributed by atoms with van der Waals surface area (Å²) in [5.74, 6) is -0.887. The van der Waals surface area contributed by atoms with E-state index in [9.17, 15) is 19.0 Å². The molecule has 0 saturated carbocycles. The highest BCUT2D eigenvalue weighted by Crippen LogP contribution is 2.43. The third-order valence-electron chi connectivity index (χ3n) is 11.8. The van der Waals surface area contributed by atoms with Crippen LogP contribution in [0.3, 0.4) is 0 Å². The van der Waals surface area contributed by atoms with Gasteiger partial charge in [-0.3, -0.25) is 18.6 Å². The van der Waals surface area contributed by atoms with Crippen LogP contribution in [-0.4, -0.2) is 49.3 Å². The van der Waals surface area contributed by atoms with Gasteiger partial charge in [0, 0.05) is 19.4 Å². The lowest BCUT2D eigenvalue weighted by atomic mass is 10.1. The fourth-order valence-electron chi connectivity index (χ4n) is 7.41. The average Bonchev–Trinajstić information content (AvgIpc) is 3.43. The van der Waals surface area contributed by atoms with Gasteiger partial charge in [-0.1, -0.05) is 235 Å². The van der Waals surface area contributed by atoms with Crippen LogP contribution in [0.25, 0.3) is 0 Å². The Kier molecular flexibility index (Phi) is 57.9. The van der Waals surface area contributed by atoms with Gasteiger partial charge in [0.2, 0.25) is 0 Å². The molecule has 78 heavy (non-hydrogen) atoms. The molecule has 0 bridgehead atoms. The van der Waals surface area contributed by atoms with Gasteiger partial charge in [0.05, 0.1) is 13.2 Å². The summed E-state index contributed by atoms with van der Waals surface area (Å²) < 4.78 is 32.9. The molecule has 9 nitrogen and oxygen atoms in total. The van der Waals surface area contributed by atoms with E-state index in [1.807, 2.05) is 0 Å². The zero-order valence-electron chi connectivity index (χ0n) is 48.8. The van der Waals surface area contributed by atoms with Crippen molar-refractivity contribution in [1.29, 1.82) is 0 Å². The van der Waals surface area contributed by atoms with E-state index in [0.717, 1.165) is 141 Å². The van der Waals surface area contributed by atoms with Gasteiger partial charge in [0.1, 0.15) is 6.61 Å². The highest BCUT2D eigenvalue weighted by atomic mass is 31.2. The van der Waals surface area contributed by atoms with Gasteiger partial charge < -0.3 is 20.1 Å². The predicted molar refractivity (Wildman–Crippen MR) is 334 cm³/mol. The van der Waals surface area contributed by atoms with E-state index in [0.29, 0.717) is 12.8 Å². The van der Waals surface area contributed by atoms with Gasteiger partial charge in [0.25, 0.3) is 0 Å². The molecule has 0 rings (SSSR count). The zero-order chi connectivity index (χ0) is 56.6.